The summed E-state index contributed by atoms with van der Waals surface area (Å²) in [6.45, 7) is 6.19. The van der Waals surface area contributed by atoms with Crippen molar-refractivity contribution in [1.29, 1.82) is 0 Å². The summed E-state index contributed by atoms with van der Waals surface area (Å²) in [4.78, 5) is 12.2. The van der Waals surface area contributed by atoms with E-state index in [2.05, 4.69) is 5.32 Å². The van der Waals surface area contributed by atoms with E-state index in [-0.39, 0.29) is 5.91 Å². The van der Waals surface area contributed by atoms with E-state index in [9.17, 15) is 4.79 Å². The first-order valence-corrected chi connectivity index (χ1v) is 9.08. The summed E-state index contributed by atoms with van der Waals surface area (Å²) in [6, 6.07) is 11.4. The predicted octanol–water partition coefficient (Wildman–Crippen LogP) is 5.13. The lowest BCUT2D eigenvalue weighted by Gasteiger charge is -2.16. The van der Waals surface area contributed by atoms with Gasteiger partial charge in [0.2, 0.25) is 0 Å². The van der Waals surface area contributed by atoms with Gasteiger partial charge in [-0.25, -0.2) is 0 Å². The van der Waals surface area contributed by atoms with Gasteiger partial charge in [-0.3, -0.25) is 4.79 Å². The maximum Gasteiger partial charge on any atom is 0.260 e. The molecular weight excluding hydrogens is 357 g/mol. The van der Waals surface area contributed by atoms with Crippen LogP contribution in [0.1, 0.15) is 30.0 Å². The van der Waals surface area contributed by atoms with Gasteiger partial charge in [-0.1, -0.05) is 35.3 Å². The molecule has 1 amide bonds. The lowest BCUT2D eigenvalue weighted by atomic mass is 10.1. The van der Waals surface area contributed by atoms with E-state index in [1.807, 2.05) is 50.2 Å². The molecule has 0 fully saturated rings. The van der Waals surface area contributed by atoms with Crippen molar-refractivity contribution in [2.45, 2.75) is 39.7 Å². The fourth-order valence-corrected chi connectivity index (χ4v) is 2.77. The van der Waals surface area contributed by atoms with Crippen LogP contribution in [-0.4, -0.2) is 18.6 Å². The van der Waals surface area contributed by atoms with Crippen LogP contribution in [0.3, 0.4) is 0 Å². The molecule has 0 bridgehead atoms. The van der Waals surface area contributed by atoms with Crippen molar-refractivity contribution in [3.8, 4) is 5.75 Å². The molecule has 0 unspecified atom stereocenters. The van der Waals surface area contributed by atoms with Crippen molar-refractivity contribution in [3.05, 3.63) is 63.1 Å². The summed E-state index contributed by atoms with van der Waals surface area (Å²) in [6.07, 6.45) is 1.19. The van der Waals surface area contributed by atoms with Crippen LogP contribution in [0.15, 0.2) is 36.4 Å². The fourth-order valence-electron chi connectivity index (χ4n) is 2.53. The van der Waals surface area contributed by atoms with E-state index in [1.54, 1.807) is 6.92 Å². The van der Waals surface area contributed by atoms with Crippen molar-refractivity contribution in [2.24, 2.45) is 0 Å². The highest BCUT2D eigenvalue weighted by Crippen LogP contribution is 2.26. The summed E-state index contributed by atoms with van der Waals surface area (Å²) in [5, 5.41) is 4.37. The quantitative estimate of drug-likeness (QED) is 0.677. The first kappa shape index (κ1) is 19.6. The van der Waals surface area contributed by atoms with Crippen molar-refractivity contribution < 1.29 is 9.53 Å². The number of nitrogens with one attached hydrogen (secondary N) is 1. The van der Waals surface area contributed by atoms with Crippen molar-refractivity contribution in [3.63, 3.8) is 0 Å². The number of aryl methyl sites for hydroxylation is 3. The molecule has 25 heavy (non-hydrogen) atoms. The van der Waals surface area contributed by atoms with E-state index in [0.717, 1.165) is 34.0 Å². The largest absolute Gasteiger partial charge is 0.481 e. The minimum atomic E-state index is -0.560. The summed E-state index contributed by atoms with van der Waals surface area (Å²) in [7, 11) is 0. The van der Waals surface area contributed by atoms with Crippen LogP contribution in [-0.2, 0) is 11.2 Å². The Hall–Kier alpha value is -1.71. The Morgan fingerprint density at radius 2 is 1.72 bits per heavy atom. The van der Waals surface area contributed by atoms with E-state index >= 15 is 0 Å². The maximum absolute atomic E-state index is 12.2. The predicted molar refractivity (Wildman–Crippen MR) is 104 cm³/mol. The summed E-state index contributed by atoms with van der Waals surface area (Å²) in [5.41, 5.74) is 3.08. The van der Waals surface area contributed by atoms with Crippen LogP contribution in [0.5, 0.6) is 5.75 Å². The Balaban J connectivity index is 1.77. The van der Waals surface area contributed by atoms with Gasteiger partial charge in [0.05, 0.1) is 0 Å². The summed E-state index contributed by atoms with van der Waals surface area (Å²) in [5.74, 6) is 0.532. The molecule has 3 nitrogen and oxygen atoms in total. The minimum absolute atomic E-state index is 0.124. The van der Waals surface area contributed by atoms with Gasteiger partial charge in [-0.2, -0.15) is 0 Å². The topological polar surface area (TPSA) is 38.3 Å². The Labute approximate surface area is 159 Å². The van der Waals surface area contributed by atoms with Crippen molar-refractivity contribution in [1.82, 2.24) is 5.32 Å². The number of benzene rings is 2. The van der Waals surface area contributed by atoms with Crippen LogP contribution in [0.25, 0.3) is 0 Å². The number of ether oxygens (including phenoxy) is 1. The molecule has 0 heterocycles. The number of amides is 1. The highest BCUT2D eigenvalue weighted by molar-refractivity contribution is 6.32. The molecule has 0 saturated heterocycles. The normalized spacial score (nSPS) is 11.9. The molecule has 5 heteroatoms. The third kappa shape index (κ3) is 5.94. The average Bonchev–Trinajstić information content (AvgIpc) is 2.57. The van der Waals surface area contributed by atoms with Gasteiger partial charge in [0.1, 0.15) is 5.75 Å². The van der Waals surface area contributed by atoms with Crippen LogP contribution in [0, 0.1) is 13.8 Å². The van der Waals surface area contributed by atoms with Crippen molar-refractivity contribution >= 4 is 29.1 Å². The van der Waals surface area contributed by atoms with Crippen LogP contribution in [0.2, 0.25) is 10.0 Å². The van der Waals surface area contributed by atoms with Gasteiger partial charge in [0, 0.05) is 16.6 Å². The molecular formula is C20H23Cl2NO2. The molecule has 2 aromatic rings. The third-order valence-corrected chi connectivity index (χ3v) is 4.79. The number of hydrogen-bond acceptors (Lipinski definition) is 2. The Morgan fingerprint density at radius 3 is 2.32 bits per heavy atom. The first-order valence-electron chi connectivity index (χ1n) is 8.32. The minimum Gasteiger partial charge on any atom is -0.481 e. The molecule has 0 radical (unpaired) electrons. The van der Waals surface area contributed by atoms with Gasteiger partial charge < -0.3 is 10.1 Å². The summed E-state index contributed by atoms with van der Waals surface area (Å²) >= 11 is 12.0. The van der Waals surface area contributed by atoms with Gasteiger partial charge in [-0.15, -0.1) is 0 Å². The Kier molecular flexibility index (Phi) is 7.15. The van der Waals surface area contributed by atoms with E-state index in [0.29, 0.717) is 12.3 Å². The van der Waals surface area contributed by atoms with Crippen LogP contribution in [0.4, 0.5) is 0 Å². The average molecular weight is 380 g/mol. The molecule has 2 aromatic carbocycles. The molecule has 0 aliphatic carbocycles. The Bertz CT molecular complexity index is 706. The standard InChI is InChI=1S/C20H23Cl2NO2/c1-13-11-18(12-14(2)19(13)22)25-15(3)20(24)23-10-4-5-16-6-8-17(21)9-7-16/h6-9,11-12,15H,4-5,10H2,1-3H3,(H,23,24)/t15-/m0/s1. The highest BCUT2D eigenvalue weighted by Gasteiger charge is 2.15. The van der Waals surface area contributed by atoms with Gasteiger partial charge >= 0.3 is 0 Å². The lowest BCUT2D eigenvalue weighted by molar-refractivity contribution is -0.127. The van der Waals surface area contributed by atoms with Gasteiger partial charge in [-0.05, 0) is 74.6 Å². The smallest absolute Gasteiger partial charge is 0.260 e. The molecule has 1 N–H and O–H groups in total. The van der Waals surface area contributed by atoms with Crippen LogP contribution >= 0.6 is 23.2 Å². The second-order valence-corrected chi connectivity index (χ2v) is 6.97. The Morgan fingerprint density at radius 1 is 1.12 bits per heavy atom. The molecule has 0 aromatic heterocycles. The molecule has 1 atom stereocenters. The van der Waals surface area contributed by atoms with Gasteiger partial charge in [0.15, 0.2) is 6.10 Å². The van der Waals surface area contributed by atoms with Gasteiger partial charge in [0.25, 0.3) is 5.91 Å². The van der Waals surface area contributed by atoms with E-state index in [4.69, 9.17) is 27.9 Å². The monoisotopic (exact) mass is 379 g/mol. The van der Waals surface area contributed by atoms with Crippen molar-refractivity contribution in [2.75, 3.05) is 6.54 Å². The molecule has 0 aliphatic rings. The number of halogens is 2. The molecule has 2 rings (SSSR count). The second kappa shape index (κ2) is 9.12. The first-order chi connectivity index (χ1) is 11.9. The zero-order valence-electron chi connectivity index (χ0n) is 14.7. The number of rotatable bonds is 7. The zero-order valence-corrected chi connectivity index (χ0v) is 16.2. The molecule has 134 valence electrons. The SMILES string of the molecule is Cc1cc(O[C@@H](C)C(=O)NCCCc2ccc(Cl)cc2)cc(C)c1Cl. The molecule has 0 spiro atoms. The van der Waals surface area contributed by atoms with Crippen LogP contribution < -0.4 is 10.1 Å². The zero-order chi connectivity index (χ0) is 18.4. The molecule has 0 aliphatic heterocycles. The maximum atomic E-state index is 12.2. The molecule has 0 saturated carbocycles. The van der Waals surface area contributed by atoms with E-state index in [1.165, 1.54) is 5.56 Å². The third-order valence-electron chi connectivity index (χ3n) is 3.95. The second-order valence-electron chi connectivity index (χ2n) is 6.15. The number of hydrogen-bond donors (Lipinski definition) is 1. The number of carbonyl (C=O) groups excluding carboxylic acids is 1. The fraction of sp³-hybridized carbons (Fsp3) is 0.350. The highest BCUT2D eigenvalue weighted by atomic mass is 35.5. The van der Waals surface area contributed by atoms with E-state index < -0.39 is 6.10 Å². The lowest BCUT2D eigenvalue weighted by Crippen LogP contribution is -2.37. The summed E-state index contributed by atoms with van der Waals surface area (Å²) < 4.78 is 5.74. The number of carbonyl (C=O) groups is 1.